The van der Waals surface area contributed by atoms with Crippen LogP contribution in [0.2, 0.25) is 0 Å². The van der Waals surface area contributed by atoms with Crippen molar-refractivity contribution in [3.8, 4) is 24.0 Å². The van der Waals surface area contributed by atoms with Crippen LogP contribution in [0.25, 0.3) is 0 Å². The Labute approximate surface area is 104 Å². The molecule has 2 aromatic rings. The lowest BCUT2D eigenvalue weighted by atomic mass is 10.3. The number of aryl methyl sites for hydroxylation is 1. The number of hydrogen-bond donors (Lipinski definition) is 1. The van der Waals surface area contributed by atoms with Crippen LogP contribution in [0.1, 0.15) is 0 Å². The summed E-state index contributed by atoms with van der Waals surface area (Å²) in [5.74, 6) is 2.36. The number of carbonyl (C=O) groups is 1. The van der Waals surface area contributed by atoms with Crippen molar-refractivity contribution in [1.82, 2.24) is 9.78 Å². The molecule has 0 spiro atoms. The van der Waals surface area contributed by atoms with Crippen LogP contribution in [-0.4, -0.2) is 15.7 Å². The molecule has 1 N–H and O–H groups in total. The maximum Gasteiger partial charge on any atom is 0.300 e. The van der Waals surface area contributed by atoms with Gasteiger partial charge in [-0.3, -0.25) is 9.48 Å². The van der Waals surface area contributed by atoms with Gasteiger partial charge < -0.3 is 10.1 Å². The van der Waals surface area contributed by atoms with Crippen LogP contribution in [0.5, 0.6) is 11.6 Å². The molecule has 1 heterocycles. The molecule has 0 radical (unpaired) electrons. The summed E-state index contributed by atoms with van der Waals surface area (Å²) in [6.45, 7) is 0. The zero-order chi connectivity index (χ0) is 13.0. The van der Waals surface area contributed by atoms with Gasteiger partial charge in [0.05, 0.1) is 6.20 Å². The predicted molar refractivity (Wildman–Crippen MR) is 67.2 cm³/mol. The van der Waals surface area contributed by atoms with Gasteiger partial charge in [-0.15, -0.1) is 11.5 Å². The minimum atomic E-state index is -0.541. The number of aromatic nitrogens is 2. The van der Waals surface area contributed by atoms with E-state index in [1.165, 1.54) is 4.68 Å². The van der Waals surface area contributed by atoms with Crippen LogP contribution >= 0.6 is 0 Å². The quantitative estimate of drug-likeness (QED) is 0.833. The van der Waals surface area contributed by atoms with Gasteiger partial charge in [-0.2, -0.15) is 0 Å². The number of carbonyl (C=O) groups excluding carboxylic acids is 1. The van der Waals surface area contributed by atoms with Gasteiger partial charge in [-0.05, 0) is 18.1 Å². The van der Waals surface area contributed by atoms with Crippen molar-refractivity contribution < 1.29 is 9.53 Å². The van der Waals surface area contributed by atoms with Crippen molar-refractivity contribution in [3.05, 3.63) is 36.5 Å². The second-order valence-electron chi connectivity index (χ2n) is 3.54. The summed E-state index contributed by atoms with van der Waals surface area (Å²) in [5, 5.41) is 6.62. The van der Waals surface area contributed by atoms with Crippen LogP contribution in [0.15, 0.2) is 36.5 Å². The van der Waals surface area contributed by atoms with E-state index in [1.54, 1.807) is 25.4 Å². The first-order valence-corrected chi connectivity index (χ1v) is 5.23. The third-order valence-corrected chi connectivity index (χ3v) is 2.13. The highest BCUT2D eigenvalue weighted by molar-refractivity contribution is 6.04. The number of nitrogens with one attached hydrogen (secondary N) is 1. The Morgan fingerprint density at radius 2 is 2.17 bits per heavy atom. The topological polar surface area (TPSA) is 56.2 Å². The summed E-state index contributed by atoms with van der Waals surface area (Å²) in [4.78, 5) is 11.2. The molecule has 0 bridgehead atoms. The maximum atomic E-state index is 11.2. The number of hydrogen-bond acceptors (Lipinski definition) is 3. The van der Waals surface area contributed by atoms with Crippen molar-refractivity contribution in [3.63, 3.8) is 0 Å². The highest BCUT2D eigenvalue weighted by atomic mass is 16.5. The van der Waals surface area contributed by atoms with Crippen molar-refractivity contribution in [2.24, 2.45) is 7.05 Å². The number of nitrogens with zero attached hydrogens (tertiary/aromatic N) is 2. The van der Waals surface area contributed by atoms with Gasteiger partial charge in [0.2, 0.25) is 0 Å². The van der Waals surface area contributed by atoms with Crippen molar-refractivity contribution in [2.45, 2.75) is 0 Å². The molecule has 0 saturated carbocycles. The predicted octanol–water partition coefficient (Wildman–Crippen LogP) is 1.78. The summed E-state index contributed by atoms with van der Waals surface area (Å²) < 4.78 is 7.09. The lowest BCUT2D eigenvalue weighted by Gasteiger charge is -2.04. The summed E-state index contributed by atoms with van der Waals surface area (Å²) in [5.41, 5.74) is 0.435. The van der Waals surface area contributed by atoms with Gasteiger partial charge in [-0.25, -0.2) is 0 Å². The molecule has 0 aliphatic heterocycles. The number of para-hydroxylation sites is 1. The van der Waals surface area contributed by atoms with E-state index >= 15 is 0 Å². The first-order chi connectivity index (χ1) is 8.69. The molecule has 0 aliphatic carbocycles. The molecule has 0 aliphatic rings. The number of terminal acetylenes is 1. The number of ether oxygens (including phenoxy) is 1. The molecular weight excluding hydrogens is 230 g/mol. The van der Waals surface area contributed by atoms with Gasteiger partial charge in [0.15, 0.2) is 0 Å². The Morgan fingerprint density at radius 3 is 2.83 bits per heavy atom. The minimum absolute atomic E-state index is 0.298. The fourth-order valence-corrected chi connectivity index (χ4v) is 1.39. The van der Waals surface area contributed by atoms with E-state index in [-0.39, 0.29) is 0 Å². The van der Waals surface area contributed by atoms with E-state index in [9.17, 15) is 4.79 Å². The lowest BCUT2D eigenvalue weighted by molar-refractivity contribution is -0.111. The lowest BCUT2D eigenvalue weighted by Crippen LogP contribution is -2.08. The second kappa shape index (κ2) is 5.06. The third-order valence-electron chi connectivity index (χ3n) is 2.13. The van der Waals surface area contributed by atoms with E-state index in [4.69, 9.17) is 11.2 Å². The average Bonchev–Trinajstić information content (AvgIpc) is 2.70. The first-order valence-electron chi connectivity index (χ1n) is 5.23. The van der Waals surface area contributed by atoms with Gasteiger partial charge >= 0.3 is 0 Å². The number of benzene rings is 1. The molecule has 1 aromatic carbocycles. The fourth-order valence-electron chi connectivity index (χ4n) is 1.39. The highest BCUT2D eigenvalue weighted by Gasteiger charge is 2.11. The van der Waals surface area contributed by atoms with Crippen molar-refractivity contribution in [1.29, 1.82) is 0 Å². The summed E-state index contributed by atoms with van der Waals surface area (Å²) >= 11 is 0. The van der Waals surface area contributed by atoms with E-state index in [0.29, 0.717) is 17.3 Å². The minimum Gasteiger partial charge on any atom is -0.436 e. The van der Waals surface area contributed by atoms with E-state index in [2.05, 4.69) is 10.4 Å². The van der Waals surface area contributed by atoms with E-state index in [0.717, 1.165) is 0 Å². The molecule has 5 heteroatoms. The van der Waals surface area contributed by atoms with Gasteiger partial charge in [-0.1, -0.05) is 18.2 Å². The maximum absolute atomic E-state index is 11.2. The van der Waals surface area contributed by atoms with Crippen LogP contribution in [0.3, 0.4) is 0 Å². The Hall–Kier alpha value is -2.74. The van der Waals surface area contributed by atoms with Crippen molar-refractivity contribution in [2.75, 3.05) is 5.32 Å². The molecule has 0 saturated heterocycles. The standard InChI is InChI=1S/C13H11N3O2/c1-3-12(17)14-11-9-16(2)15-13(11)18-10-7-5-4-6-8-10/h1,4-9H,2H3,(H,14,17). The zero-order valence-corrected chi connectivity index (χ0v) is 9.75. The molecule has 0 fully saturated rings. The molecule has 90 valence electrons. The summed E-state index contributed by atoms with van der Waals surface area (Å²) in [6, 6.07) is 9.16. The summed E-state index contributed by atoms with van der Waals surface area (Å²) in [6.07, 6.45) is 6.62. The zero-order valence-electron chi connectivity index (χ0n) is 9.75. The third kappa shape index (κ3) is 2.68. The van der Waals surface area contributed by atoms with E-state index < -0.39 is 5.91 Å². The van der Waals surface area contributed by atoms with Crippen LogP contribution in [0, 0.1) is 12.3 Å². The van der Waals surface area contributed by atoms with Crippen LogP contribution in [-0.2, 0) is 11.8 Å². The Bertz CT molecular complexity index is 596. The van der Waals surface area contributed by atoms with Gasteiger partial charge in [0.25, 0.3) is 11.8 Å². The highest BCUT2D eigenvalue weighted by Crippen LogP contribution is 2.27. The van der Waals surface area contributed by atoms with Crippen LogP contribution < -0.4 is 10.1 Å². The number of rotatable bonds is 3. The van der Waals surface area contributed by atoms with Crippen LogP contribution in [0.4, 0.5) is 5.69 Å². The molecule has 18 heavy (non-hydrogen) atoms. The SMILES string of the molecule is C#CC(=O)Nc1cn(C)nc1Oc1ccccc1. The Balaban J connectivity index is 2.23. The number of anilines is 1. The second-order valence-corrected chi connectivity index (χ2v) is 3.54. The molecule has 1 amide bonds. The average molecular weight is 241 g/mol. The Kier molecular flexibility index (Phi) is 3.30. The molecule has 0 atom stereocenters. The normalized spacial score (nSPS) is 9.56. The Morgan fingerprint density at radius 1 is 1.44 bits per heavy atom. The fraction of sp³-hybridized carbons (Fsp3) is 0.0769. The first kappa shape index (κ1) is 11.7. The number of amides is 1. The molecule has 5 nitrogen and oxygen atoms in total. The largest absolute Gasteiger partial charge is 0.436 e. The molecule has 2 rings (SSSR count). The monoisotopic (exact) mass is 241 g/mol. The smallest absolute Gasteiger partial charge is 0.300 e. The molecular formula is C13H11N3O2. The summed E-state index contributed by atoms with van der Waals surface area (Å²) in [7, 11) is 1.73. The van der Waals surface area contributed by atoms with Crippen molar-refractivity contribution >= 4 is 11.6 Å². The molecule has 1 aromatic heterocycles. The van der Waals surface area contributed by atoms with Gasteiger partial charge in [0, 0.05) is 7.05 Å². The molecule has 0 unspecified atom stereocenters. The van der Waals surface area contributed by atoms with Gasteiger partial charge in [0.1, 0.15) is 11.4 Å². The van der Waals surface area contributed by atoms with E-state index in [1.807, 2.05) is 24.1 Å².